The molecule has 0 aliphatic rings. The fourth-order valence-corrected chi connectivity index (χ4v) is 2.27. The van der Waals surface area contributed by atoms with Crippen molar-refractivity contribution in [3.05, 3.63) is 59.5 Å². The van der Waals surface area contributed by atoms with E-state index in [9.17, 15) is 13.6 Å². The lowest BCUT2D eigenvalue weighted by atomic mass is 9.86. The molecule has 0 saturated carbocycles. The normalized spacial score (nSPS) is 12.4. The lowest BCUT2D eigenvalue weighted by Crippen LogP contribution is -2.16. The summed E-state index contributed by atoms with van der Waals surface area (Å²) >= 11 is 0. The Labute approximate surface area is 148 Å². The van der Waals surface area contributed by atoms with E-state index in [1.807, 2.05) is 20.8 Å². The minimum atomic E-state index is -0.669. The number of hydrogen-bond donors (Lipinski definition) is 0. The predicted octanol–water partition coefficient (Wildman–Crippen LogP) is 5.80. The highest BCUT2D eigenvalue weighted by molar-refractivity contribution is 5.88. The van der Waals surface area contributed by atoms with Crippen LogP contribution >= 0.6 is 0 Å². The molecule has 0 amide bonds. The Balaban J connectivity index is 0.000000970. The van der Waals surface area contributed by atoms with E-state index in [0.717, 1.165) is 0 Å². The molecule has 0 aromatic carbocycles. The highest BCUT2D eigenvalue weighted by Crippen LogP contribution is 2.29. The minimum absolute atomic E-state index is 0.335. The summed E-state index contributed by atoms with van der Waals surface area (Å²) in [4.78, 5) is 11.4. The smallest absolute Gasteiger partial charge is 0.154 e. The van der Waals surface area contributed by atoms with Crippen LogP contribution in [0.3, 0.4) is 0 Å². The van der Waals surface area contributed by atoms with Gasteiger partial charge in [-0.05, 0) is 30.7 Å². The van der Waals surface area contributed by atoms with Gasteiger partial charge in [-0.15, -0.1) is 0 Å². The van der Waals surface area contributed by atoms with Crippen LogP contribution in [0.5, 0.6) is 0 Å². The molecule has 2 rings (SSSR count). The van der Waals surface area contributed by atoms with Gasteiger partial charge in [-0.25, -0.2) is 13.3 Å². The molecule has 136 valence electrons. The number of allylic oxidation sites excluding steroid dienone is 4. The number of carbonyl (C=O) groups excluding carboxylic acids is 1. The van der Waals surface area contributed by atoms with E-state index in [1.165, 1.54) is 41.4 Å². The van der Waals surface area contributed by atoms with E-state index in [2.05, 4.69) is 18.9 Å². The number of fused-ring (bicyclic) bond motifs is 1. The first-order valence-corrected chi connectivity index (χ1v) is 8.49. The van der Waals surface area contributed by atoms with Gasteiger partial charge in [0.15, 0.2) is 6.29 Å². The van der Waals surface area contributed by atoms with Crippen LogP contribution in [0.1, 0.15) is 63.5 Å². The fraction of sp³-hybridized carbons (Fsp3) is 0.400. The molecule has 0 radical (unpaired) electrons. The monoisotopic (exact) mass is 348 g/mol. The van der Waals surface area contributed by atoms with Gasteiger partial charge in [-0.2, -0.15) is 5.10 Å². The highest BCUT2D eigenvalue weighted by Gasteiger charge is 2.26. The first kappa shape index (κ1) is 20.7. The van der Waals surface area contributed by atoms with Gasteiger partial charge in [0.1, 0.15) is 11.6 Å². The van der Waals surface area contributed by atoms with Gasteiger partial charge in [0.2, 0.25) is 0 Å². The van der Waals surface area contributed by atoms with Gasteiger partial charge in [0, 0.05) is 5.41 Å². The number of hydrogen-bond acceptors (Lipinski definition) is 2. The van der Waals surface area contributed by atoms with Crippen molar-refractivity contribution in [1.82, 2.24) is 9.61 Å². The SMILES string of the molecule is CC/C=C(F)\C=C/C(C)(C)c1nn2cc(F)ccc2c1C=O.CCC. The molecule has 5 heteroatoms. The van der Waals surface area contributed by atoms with Crippen molar-refractivity contribution in [3.63, 3.8) is 0 Å². The number of carbonyl (C=O) groups is 1. The molecule has 0 aliphatic heterocycles. The average Bonchev–Trinajstić information content (AvgIpc) is 2.92. The van der Waals surface area contributed by atoms with Crippen LogP contribution < -0.4 is 0 Å². The van der Waals surface area contributed by atoms with E-state index in [0.29, 0.717) is 29.5 Å². The third-order valence-corrected chi connectivity index (χ3v) is 3.42. The molecule has 0 bridgehead atoms. The molecule has 25 heavy (non-hydrogen) atoms. The second-order valence-electron chi connectivity index (χ2n) is 6.32. The Morgan fingerprint density at radius 3 is 2.48 bits per heavy atom. The van der Waals surface area contributed by atoms with Crippen molar-refractivity contribution in [1.29, 1.82) is 0 Å². The molecular weight excluding hydrogens is 322 g/mol. The van der Waals surface area contributed by atoms with Crippen molar-refractivity contribution >= 4 is 11.8 Å². The summed E-state index contributed by atoms with van der Waals surface area (Å²) in [5.74, 6) is -0.776. The number of aromatic nitrogens is 2. The van der Waals surface area contributed by atoms with E-state index >= 15 is 0 Å². The maximum Gasteiger partial charge on any atom is 0.154 e. The Kier molecular flexibility index (Phi) is 7.68. The topological polar surface area (TPSA) is 34.4 Å². The van der Waals surface area contributed by atoms with Crippen LogP contribution in [0.4, 0.5) is 8.78 Å². The summed E-state index contributed by atoms with van der Waals surface area (Å²) in [6, 6.07) is 2.78. The zero-order valence-electron chi connectivity index (χ0n) is 15.5. The summed E-state index contributed by atoms with van der Waals surface area (Å²) in [7, 11) is 0. The summed E-state index contributed by atoms with van der Waals surface area (Å²) < 4.78 is 28.2. The zero-order valence-corrected chi connectivity index (χ0v) is 15.5. The molecule has 2 aromatic heterocycles. The third-order valence-electron chi connectivity index (χ3n) is 3.42. The highest BCUT2D eigenvalue weighted by atomic mass is 19.1. The van der Waals surface area contributed by atoms with Crippen LogP contribution in [0.2, 0.25) is 0 Å². The largest absolute Gasteiger partial charge is 0.298 e. The Morgan fingerprint density at radius 2 is 1.92 bits per heavy atom. The molecule has 0 unspecified atom stereocenters. The van der Waals surface area contributed by atoms with Crippen molar-refractivity contribution < 1.29 is 13.6 Å². The van der Waals surface area contributed by atoms with E-state index in [-0.39, 0.29) is 5.83 Å². The molecule has 0 N–H and O–H groups in total. The first-order chi connectivity index (χ1) is 11.8. The summed E-state index contributed by atoms with van der Waals surface area (Å²) in [5, 5.41) is 4.29. The molecule has 2 aromatic rings. The van der Waals surface area contributed by atoms with Crippen LogP contribution in [0.25, 0.3) is 5.52 Å². The zero-order chi connectivity index (χ0) is 19.0. The van der Waals surface area contributed by atoms with Gasteiger partial charge >= 0.3 is 0 Å². The predicted molar refractivity (Wildman–Crippen MR) is 98.2 cm³/mol. The van der Waals surface area contributed by atoms with Crippen LogP contribution in [0.15, 0.2) is 42.4 Å². The number of aldehydes is 1. The number of nitrogens with zero attached hydrogens (tertiary/aromatic N) is 2. The molecule has 0 spiro atoms. The molecule has 0 aliphatic carbocycles. The van der Waals surface area contributed by atoms with Crippen molar-refractivity contribution in [3.8, 4) is 0 Å². The quantitative estimate of drug-likeness (QED) is 0.505. The Bertz CT molecular complexity index is 773. The van der Waals surface area contributed by atoms with Crippen LogP contribution in [-0.2, 0) is 5.41 Å². The summed E-state index contributed by atoms with van der Waals surface area (Å²) in [5.41, 5.74) is 0.720. The number of pyridine rings is 1. The van der Waals surface area contributed by atoms with Gasteiger partial charge in [0.05, 0.1) is 23.0 Å². The summed E-state index contributed by atoms with van der Waals surface area (Å²) in [6.07, 6.45) is 8.24. The van der Waals surface area contributed by atoms with Crippen molar-refractivity contribution in [2.45, 2.75) is 52.9 Å². The lowest BCUT2D eigenvalue weighted by molar-refractivity contribution is 0.112. The molecule has 2 heterocycles. The second-order valence-corrected chi connectivity index (χ2v) is 6.32. The molecule has 0 atom stereocenters. The third kappa shape index (κ3) is 5.34. The number of halogens is 2. The fourth-order valence-electron chi connectivity index (χ4n) is 2.27. The van der Waals surface area contributed by atoms with E-state index in [4.69, 9.17) is 0 Å². The number of rotatable bonds is 5. The van der Waals surface area contributed by atoms with Crippen LogP contribution in [-0.4, -0.2) is 15.9 Å². The van der Waals surface area contributed by atoms with Gasteiger partial charge in [-0.1, -0.05) is 47.1 Å². The van der Waals surface area contributed by atoms with Gasteiger partial charge in [0.25, 0.3) is 0 Å². The summed E-state index contributed by atoms with van der Waals surface area (Å²) in [6.45, 7) is 9.75. The average molecular weight is 348 g/mol. The Hall–Kier alpha value is -2.30. The lowest BCUT2D eigenvalue weighted by Gasteiger charge is -2.18. The molecule has 3 nitrogen and oxygen atoms in total. The molecule has 0 fully saturated rings. The van der Waals surface area contributed by atoms with Crippen LogP contribution in [0, 0.1) is 5.82 Å². The van der Waals surface area contributed by atoms with Crippen molar-refractivity contribution in [2.75, 3.05) is 0 Å². The van der Waals surface area contributed by atoms with E-state index in [1.54, 1.807) is 6.08 Å². The molecule has 0 saturated heterocycles. The minimum Gasteiger partial charge on any atom is -0.298 e. The Morgan fingerprint density at radius 1 is 1.28 bits per heavy atom. The van der Waals surface area contributed by atoms with Crippen molar-refractivity contribution in [2.24, 2.45) is 0 Å². The van der Waals surface area contributed by atoms with Gasteiger partial charge < -0.3 is 0 Å². The van der Waals surface area contributed by atoms with Gasteiger partial charge in [-0.3, -0.25) is 4.79 Å². The van der Waals surface area contributed by atoms with E-state index < -0.39 is 11.2 Å². The second kappa shape index (κ2) is 9.25. The molecular formula is C20H26F2N2O. The maximum absolute atomic E-state index is 13.5. The maximum atomic E-state index is 13.5. The standard InChI is InChI=1S/C17H18F2N2O.C3H8/c1-4-5-12(18)8-9-17(2,3)16-14(11-22)15-7-6-13(19)10-21(15)20-16;1-3-2/h5-11H,4H2,1-3H3;3H2,1-2H3/b9-8-,12-5+;. The first-order valence-electron chi connectivity index (χ1n) is 8.49.